The van der Waals surface area contributed by atoms with E-state index in [1.165, 1.54) is 12.4 Å². The third-order valence-electron chi connectivity index (χ3n) is 6.68. The predicted octanol–water partition coefficient (Wildman–Crippen LogP) is 3.58. The van der Waals surface area contributed by atoms with Crippen molar-refractivity contribution < 1.29 is 32.3 Å². The lowest BCUT2D eigenvalue weighted by atomic mass is 9.91. The molecule has 4 aliphatic rings. The second kappa shape index (κ2) is 9.92. The molecule has 0 aliphatic carbocycles. The normalized spacial score (nSPS) is 34.6. The molecule has 0 radical (unpaired) electrons. The number of para-hydroxylation sites is 1. The van der Waals surface area contributed by atoms with Gasteiger partial charge in [-0.15, -0.1) is 0 Å². The number of nitriles is 1. The van der Waals surface area contributed by atoms with Crippen LogP contribution in [-0.4, -0.2) is 66.1 Å². The maximum atomic E-state index is 13.6. The molecule has 7 atom stereocenters. The van der Waals surface area contributed by atoms with Gasteiger partial charge < -0.3 is 24.5 Å². The molecule has 0 bridgehead atoms. The molecule has 2 saturated heterocycles. The van der Waals surface area contributed by atoms with Crippen LogP contribution in [0.3, 0.4) is 0 Å². The largest absolute Gasteiger partial charge is 0.530 e. The minimum absolute atomic E-state index is 0.0213. The average Bonchev–Trinajstić information content (AvgIpc) is 3.47. The molecule has 14 heteroatoms. The summed E-state index contributed by atoms with van der Waals surface area (Å²) in [4.78, 5) is 4.07. The Labute approximate surface area is 225 Å². The van der Waals surface area contributed by atoms with Crippen LogP contribution in [-0.2, 0) is 27.8 Å². The van der Waals surface area contributed by atoms with E-state index in [-0.39, 0.29) is 29.3 Å². The molecule has 1 aromatic carbocycles. The van der Waals surface area contributed by atoms with E-state index in [2.05, 4.69) is 16.2 Å². The molecule has 3 unspecified atom stereocenters. The summed E-state index contributed by atoms with van der Waals surface area (Å²) in [5.41, 5.74) is 5.03. The summed E-state index contributed by atoms with van der Waals surface area (Å²) in [5, 5.41) is 16.8. The van der Waals surface area contributed by atoms with E-state index in [0.717, 1.165) is 0 Å². The van der Waals surface area contributed by atoms with Gasteiger partial charge in [-0.3, -0.25) is 14.1 Å². The minimum Gasteiger partial charge on any atom is -0.402 e. The number of hydrogen-bond acceptors (Lipinski definition) is 12. The van der Waals surface area contributed by atoms with Crippen molar-refractivity contribution in [2.24, 2.45) is 21.7 Å². The molecule has 0 amide bonds. The van der Waals surface area contributed by atoms with Crippen LogP contribution in [0.5, 0.6) is 5.75 Å². The second-order valence-electron chi connectivity index (χ2n) is 9.76. The first-order valence-electron chi connectivity index (χ1n) is 12.2. The molecule has 12 nitrogen and oxygen atoms in total. The quantitative estimate of drug-likeness (QED) is 0.463. The van der Waals surface area contributed by atoms with Gasteiger partial charge in [-0.05, 0) is 32.9 Å². The van der Waals surface area contributed by atoms with Crippen LogP contribution in [0.1, 0.15) is 27.7 Å². The zero-order valence-electron chi connectivity index (χ0n) is 21.3. The number of aliphatic imine (C=N–C) groups is 1. The molecule has 4 heterocycles. The number of phosphoric acid groups is 1. The van der Waals surface area contributed by atoms with Crippen molar-refractivity contribution in [1.82, 2.24) is 5.01 Å². The number of hydrogen-bond donors (Lipinski definition) is 1. The highest BCUT2D eigenvalue weighted by Gasteiger charge is 2.67. The summed E-state index contributed by atoms with van der Waals surface area (Å²) in [6.45, 7) is 6.66. The fourth-order valence-electron chi connectivity index (χ4n) is 5.13. The van der Waals surface area contributed by atoms with Crippen LogP contribution in [0.2, 0.25) is 5.02 Å². The predicted molar refractivity (Wildman–Crippen MR) is 137 cm³/mol. The van der Waals surface area contributed by atoms with Gasteiger partial charge in [-0.1, -0.05) is 36.7 Å². The maximum Gasteiger partial charge on any atom is 0.530 e. The lowest BCUT2D eigenvalue weighted by Gasteiger charge is -2.35. The van der Waals surface area contributed by atoms with E-state index < -0.39 is 44.1 Å². The van der Waals surface area contributed by atoms with Gasteiger partial charge in [0.15, 0.2) is 11.6 Å². The molecule has 5 rings (SSSR count). The summed E-state index contributed by atoms with van der Waals surface area (Å²) in [6, 6.07) is 8.30. The lowest BCUT2D eigenvalue weighted by Crippen LogP contribution is -2.49. The van der Waals surface area contributed by atoms with Crippen LogP contribution in [0.25, 0.3) is 0 Å². The van der Waals surface area contributed by atoms with Crippen LogP contribution in [0, 0.1) is 17.2 Å². The van der Waals surface area contributed by atoms with Crippen molar-refractivity contribution >= 4 is 31.6 Å². The smallest absolute Gasteiger partial charge is 0.402 e. The van der Waals surface area contributed by atoms with E-state index in [4.69, 9.17) is 45.1 Å². The Morgan fingerprint density at radius 3 is 2.71 bits per heavy atom. The van der Waals surface area contributed by atoms with Crippen LogP contribution in [0.15, 0.2) is 46.1 Å². The number of hydrazone groups is 1. The summed E-state index contributed by atoms with van der Waals surface area (Å²) in [6.07, 6.45) is 1.08. The zero-order chi connectivity index (χ0) is 27.3. The fourth-order valence-corrected chi connectivity index (χ4v) is 6.60. The van der Waals surface area contributed by atoms with E-state index >= 15 is 0 Å². The van der Waals surface area contributed by atoms with Crippen molar-refractivity contribution in [1.29, 1.82) is 5.26 Å². The first-order valence-corrected chi connectivity index (χ1v) is 14.0. The molecule has 0 saturated carbocycles. The number of fused-ring (bicyclic) bond motifs is 2. The van der Waals surface area contributed by atoms with Gasteiger partial charge in [-0.2, -0.15) is 10.4 Å². The minimum atomic E-state index is -4.22. The van der Waals surface area contributed by atoms with Crippen molar-refractivity contribution in [3.05, 3.63) is 41.1 Å². The Morgan fingerprint density at radius 1 is 1.24 bits per heavy atom. The average molecular weight is 566 g/mol. The molecular weight excluding hydrogens is 537 g/mol. The Bertz CT molecular complexity index is 1280. The summed E-state index contributed by atoms with van der Waals surface area (Å²) in [7, 11) is -4.22. The molecule has 204 valence electrons. The lowest BCUT2D eigenvalue weighted by molar-refractivity contribution is -0.209. The highest BCUT2D eigenvalue weighted by molar-refractivity contribution is 7.48. The zero-order valence-corrected chi connectivity index (χ0v) is 23.0. The van der Waals surface area contributed by atoms with Crippen LogP contribution in [0.4, 0.5) is 0 Å². The van der Waals surface area contributed by atoms with Gasteiger partial charge in [0, 0.05) is 5.92 Å². The second-order valence-corrected chi connectivity index (χ2v) is 11.8. The standard InChI is InChI=1S/C24H29ClN5O7P/c1-5-32-38(31,37-17-9-7-6-8-15(17)25)33-12-24(11-26)21-20(34-23(3,4)36-21)19(35-24)18-14(2)10-16-22(27)28-13-29-30(16)18/h6-10,13-14,18-21H,5,12H2,1-4H3,(H2,27,28,29)/t14?,18?,19-,20-,21-,24+,38?/m0/s1. The van der Waals surface area contributed by atoms with Gasteiger partial charge in [0.2, 0.25) is 5.60 Å². The number of rotatable bonds is 8. The molecule has 38 heavy (non-hydrogen) atoms. The fraction of sp³-hybridized carbons (Fsp3) is 0.542. The Balaban J connectivity index is 1.43. The highest BCUT2D eigenvalue weighted by atomic mass is 35.5. The number of benzene rings is 1. The molecule has 2 N–H and O–H groups in total. The first kappa shape index (κ1) is 27.1. The van der Waals surface area contributed by atoms with Crippen molar-refractivity contribution in [3.63, 3.8) is 0 Å². The summed E-state index contributed by atoms with van der Waals surface area (Å²) in [5.74, 6) is -0.652. The van der Waals surface area contributed by atoms with Crippen molar-refractivity contribution in [2.75, 3.05) is 13.2 Å². The monoisotopic (exact) mass is 565 g/mol. The number of nitrogens with zero attached hydrogens (tertiary/aromatic N) is 4. The molecule has 2 fully saturated rings. The molecule has 0 spiro atoms. The van der Waals surface area contributed by atoms with Gasteiger partial charge >= 0.3 is 7.82 Å². The summed E-state index contributed by atoms with van der Waals surface area (Å²) >= 11 is 6.18. The third kappa shape index (κ3) is 4.73. The molecule has 0 aromatic heterocycles. The van der Waals surface area contributed by atoms with E-state index in [1.54, 1.807) is 44.0 Å². The first-order chi connectivity index (χ1) is 18.0. The number of ether oxygens (including phenoxy) is 3. The van der Waals surface area contributed by atoms with E-state index in [9.17, 15) is 9.83 Å². The SMILES string of the molecule is CCOP(=O)(OC[C@@]1(C#N)O[C@@H](C2C(C)C=C3C(N)=NC=NN32)[C@@H]2OC(C)(C)O[C@@H]21)Oc1ccccc1Cl. The number of phosphoric ester groups is 1. The Hall–Kier alpha value is -2.49. The number of nitrogens with two attached hydrogens (primary N) is 1. The topological polar surface area (TPSA) is 150 Å². The van der Waals surface area contributed by atoms with E-state index in [1.807, 2.05) is 13.0 Å². The van der Waals surface area contributed by atoms with Gasteiger partial charge in [0.1, 0.15) is 43.1 Å². The van der Waals surface area contributed by atoms with Crippen LogP contribution >= 0.6 is 19.4 Å². The van der Waals surface area contributed by atoms with Gasteiger partial charge in [0.25, 0.3) is 0 Å². The van der Waals surface area contributed by atoms with E-state index in [0.29, 0.717) is 11.5 Å². The van der Waals surface area contributed by atoms with Gasteiger partial charge in [0.05, 0.1) is 23.4 Å². The molecule has 4 aliphatic heterocycles. The highest BCUT2D eigenvalue weighted by Crippen LogP contribution is 2.54. The Kier molecular flexibility index (Phi) is 7.07. The van der Waals surface area contributed by atoms with Crippen molar-refractivity contribution in [3.8, 4) is 11.8 Å². The van der Waals surface area contributed by atoms with Crippen molar-refractivity contribution in [2.45, 2.75) is 63.4 Å². The van der Waals surface area contributed by atoms with Crippen LogP contribution < -0.4 is 10.3 Å². The summed E-state index contributed by atoms with van der Waals surface area (Å²) < 4.78 is 49.0. The number of halogens is 1. The van der Waals surface area contributed by atoms with Gasteiger partial charge in [-0.25, -0.2) is 9.56 Å². The Morgan fingerprint density at radius 2 is 2.00 bits per heavy atom. The third-order valence-corrected chi connectivity index (χ3v) is 8.43. The number of amidine groups is 1. The maximum absolute atomic E-state index is 13.6. The molecular formula is C24H29ClN5O7P. The molecule has 1 aromatic rings.